The predicted molar refractivity (Wildman–Crippen MR) is 84.1 cm³/mol. The summed E-state index contributed by atoms with van der Waals surface area (Å²) >= 11 is 0. The summed E-state index contributed by atoms with van der Waals surface area (Å²) < 4.78 is 12.9. The quantitative estimate of drug-likeness (QED) is 0.853. The minimum absolute atomic E-state index is 0.0516. The number of halogens is 1. The molecule has 23 heavy (non-hydrogen) atoms. The highest BCUT2D eigenvalue weighted by molar-refractivity contribution is 5.82. The van der Waals surface area contributed by atoms with Gasteiger partial charge in [-0.2, -0.15) is 0 Å². The van der Waals surface area contributed by atoms with Crippen LogP contribution in [-0.2, 0) is 16.0 Å². The first-order valence-corrected chi connectivity index (χ1v) is 7.93. The second kappa shape index (κ2) is 8.06. The molecule has 1 aromatic rings. The third kappa shape index (κ3) is 5.03. The lowest BCUT2D eigenvalue weighted by Gasteiger charge is -2.32. The van der Waals surface area contributed by atoms with E-state index in [0.29, 0.717) is 13.1 Å². The largest absolute Gasteiger partial charge is 0.394 e. The van der Waals surface area contributed by atoms with Gasteiger partial charge in [-0.1, -0.05) is 12.1 Å². The highest BCUT2D eigenvalue weighted by Crippen LogP contribution is 2.18. The molecule has 2 rings (SSSR count). The van der Waals surface area contributed by atoms with Crippen molar-refractivity contribution < 1.29 is 19.1 Å². The van der Waals surface area contributed by atoms with Crippen molar-refractivity contribution in [1.82, 2.24) is 10.2 Å². The molecule has 0 radical (unpaired) electrons. The topological polar surface area (TPSA) is 69.6 Å². The summed E-state index contributed by atoms with van der Waals surface area (Å²) in [4.78, 5) is 26.2. The van der Waals surface area contributed by atoms with Crippen LogP contribution in [-0.4, -0.2) is 47.6 Å². The standard InChI is InChI=1S/C17H23FN2O3/c1-12(11-21)19-17(23)14-3-2-8-20(10-14)16(22)9-13-4-6-15(18)7-5-13/h4-7,12,14,21H,2-3,8-11H2,1H3,(H,19,23). The normalized spacial score (nSPS) is 19.3. The summed E-state index contributed by atoms with van der Waals surface area (Å²) in [6, 6.07) is 5.60. The molecule has 0 aliphatic carbocycles. The van der Waals surface area contributed by atoms with E-state index in [2.05, 4.69) is 5.32 Å². The highest BCUT2D eigenvalue weighted by atomic mass is 19.1. The van der Waals surface area contributed by atoms with Gasteiger partial charge < -0.3 is 15.3 Å². The van der Waals surface area contributed by atoms with E-state index in [9.17, 15) is 14.0 Å². The Morgan fingerprint density at radius 2 is 2.09 bits per heavy atom. The monoisotopic (exact) mass is 322 g/mol. The number of amides is 2. The molecule has 2 N–H and O–H groups in total. The summed E-state index contributed by atoms with van der Waals surface area (Å²) in [6.45, 7) is 2.66. The fraction of sp³-hybridized carbons (Fsp3) is 0.529. The molecule has 1 aromatic carbocycles. The van der Waals surface area contributed by atoms with Crippen LogP contribution in [0.1, 0.15) is 25.3 Å². The summed E-state index contributed by atoms with van der Waals surface area (Å²) in [5, 5.41) is 11.7. The van der Waals surface area contributed by atoms with E-state index >= 15 is 0 Å². The Bertz CT molecular complexity index is 547. The maximum atomic E-state index is 12.9. The molecule has 2 amide bonds. The van der Waals surface area contributed by atoms with Gasteiger partial charge in [0.05, 0.1) is 18.9 Å². The number of aliphatic hydroxyl groups is 1. The van der Waals surface area contributed by atoms with Crippen molar-refractivity contribution in [3.8, 4) is 0 Å². The zero-order chi connectivity index (χ0) is 16.8. The molecule has 0 aromatic heterocycles. The van der Waals surface area contributed by atoms with Crippen molar-refractivity contribution in [3.05, 3.63) is 35.6 Å². The number of carbonyl (C=O) groups excluding carboxylic acids is 2. The van der Waals surface area contributed by atoms with E-state index in [1.165, 1.54) is 12.1 Å². The zero-order valence-electron chi connectivity index (χ0n) is 13.3. The van der Waals surface area contributed by atoms with Gasteiger partial charge in [0, 0.05) is 19.1 Å². The third-order valence-corrected chi connectivity index (χ3v) is 4.08. The van der Waals surface area contributed by atoms with Gasteiger partial charge in [-0.3, -0.25) is 9.59 Å². The van der Waals surface area contributed by atoms with E-state index in [0.717, 1.165) is 18.4 Å². The molecule has 126 valence electrons. The van der Waals surface area contributed by atoms with E-state index in [1.54, 1.807) is 24.0 Å². The highest BCUT2D eigenvalue weighted by Gasteiger charge is 2.28. The number of piperidine rings is 1. The van der Waals surface area contributed by atoms with Gasteiger partial charge in [-0.25, -0.2) is 4.39 Å². The van der Waals surface area contributed by atoms with Crippen molar-refractivity contribution in [2.24, 2.45) is 5.92 Å². The Hall–Kier alpha value is -1.95. The second-order valence-corrected chi connectivity index (χ2v) is 6.07. The van der Waals surface area contributed by atoms with Crippen LogP contribution in [0.5, 0.6) is 0 Å². The minimum atomic E-state index is -0.325. The molecule has 5 nitrogen and oxygen atoms in total. The van der Waals surface area contributed by atoms with Crippen LogP contribution in [0.2, 0.25) is 0 Å². The van der Waals surface area contributed by atoms with Gasteiger partial charge >= 0.3 is 0 Å². The molecule has 1 aliphatic rings. The molecular formula is C17H23FN2O3. The zero-order valence-corrected chi connectivity index (χ0v) is 13.3. The minimum Gasteiger partial charge on any atom is -0.394 e. The number of carbonyl (C=O) groups is 2. The molecule has 1 aliphatic heterocycles. The maximum absolute atomic E-state index is 12.9. The van der Waals surface area contributed by atoms with Gasteiger partial charge in [-0.05, 0) is 37.5 Å². The van der Waals surface area contributed by atoms with Crippen molar-refractivity contribution in [1.29, 1.82) is 0 Å². The van der Waals surface area contributed by atoms with Gasteiger partial charge in [0.2, 0.25) is 11.8 Å². The lowest BCUT2D eigenvalue weighted by Crippen LogP contribution is -2.48. The summed E-state index contributed by atoms with van der Waals surface area (Å²) in [7, 11) is 0. The number of nitrogens with one attached hydrogen (secondary N) is 1. The van der Waals surface area contributed by atoms with E-state index in [1.807, 2.05) is 0 Å². The number of aliphatic hydroxyl groups excluding tert-OH is 1. The Labute approximate surface area is 135 Å². The average molecular weight is 322 g/mol. The van der Waals surface area contributed by atoms with Crippen molar-refractivity contribution >= 4 is 11.8 Å². The number of rotatable bonds is 5. The molecule has 0 spiro atoms. The fourth-order valence-corrected chi connectivity index (χ4v) is 2.71. The Kier molecular flexibility index (Phi) is 6.10. The van der Waals surface area contributed by atoms with Crippen LogP contribution in [0, 0.1) is 11.7 Å². The average Bonchev–Trinajstić information content (AvgIpc) is 2.56. The third-order valence-electron chi connectivity index (χ3n) is 4.08. The molecule has 1 saturated heterocycles. The van der Waals surface area contributed by atoms with Crippen LogP contribution < -0.4 is 5.32 Å². The fourth-order valence-electron chi connectivity index (χ4n) is 2.71. The van der Waals surface area contributed by atoms with Crippen LogP contribution in [0.15, 0.2) is 24.3 Å². The molecule has 1 heterocycles. The number of hydrogen-bond acceptors (Lipinski definition) is 3. The first kappa shape index (κ1) is 17.4. The number of benzene rings is 1. The molecule has 2 atom stereocenters. The first-order valence-electron chi connectivity index (χ1n) is 7.93. The van der Waals surface area contributed by atoms with E-state index < -0.39 is 0 Å². The van der Waals surface area contributed by atoms with Gasteiger partial charge in [0.25, 0.3) is 0 Å². The lowest BCUT2D eigenvalue weighted by atomic mass is 9.96. The molecule has 0 bridgehead atoms. The number of likely N-dealkylation sites (tertiary alicyclic amines) is 1. The second-order valence-electron chi connectivity index (χ2n) is 6.07. The molecule has 0 saturated carbocycles. The SMILES string of the molecule is CC(CO)NC(=O)C1CCCN(C(=O)Cc2ccc(F)cc2)C1. The lowest BCUT2D eigenvalue weighted by molar-refractivity contribution is -0.135. The van der Waals surface area contributed by atoms with Gasteiger partial charge in [0.15, 0.2) is 0 Å². The Balaban J connectivity index is 1.90. The first-order chi connectivity index (χ1) is 11.0. The molecular weight excluding hydrogens is 299 g/mol. The Morgan fingerprint density at radius 3 is 2.74 bits per heavy atom. The van der Waals surface area contributed by atoms with Gasteiger partial charge in [0.1, 0.15) is 5.82 Å². The predicted octanol–water partition coefficient (Wildman–Crippen LogP) is 1.10. The molecule has 2 unspecified atom stereocenters. The van der Waals surface area contributed by atoms with Crippen LogP contribution in [0.25, 0.3) is 0 Å². The number of nitrogens with zero attached hydrogens (tertiary/aromatic N) is 1. The van der Waals surface area contributed by atoms with E-state index in [4.69, 9.17) is 5.11 Å². The summed E-state index contributed by atoms with van der Waals surface area (Å²) in [5.74, 6) is -0.737. The maximum Gasteiger partial charge on any atom is 0.227 e. The van der Waals surface area contributed by atoms with Crippen molar-refractivity contribution in [2.75, 3.05) is 19.7 Å². The van der Waals surface area contributed by atoms with Gasteiger partial charge in [-0.15, -0.1) is 0 Å². The Morgan fingerprint density at radius 1 is 1.39 bits per heavy atom. The molecule has 1 fully saturated rings. The number of hydrogen-bond donors (Lipinski definition) is 2. The van der Waals surface area contributed by atoms with Crippen LogP contribution in [0.3, 0.4) is 0 Å². The van der Waals surface area contributed by atoms with E-state index in [-0.39, 0.29) is 42.6 Å². The van der Waals surface area contributed by atoms with Crippen molar-refractivity contribution in [3.63, 3.8) is 0 Å². The smallest absolute Gasteiger partial charge is 0.227 e. The van der Waals surface area contributed by atoms with Crippen molar-refractivity contribution in [2.45, 2.75) is 32.2 Å². The van der Waals surface area contributed by atoms with Crippen LogP contribution in [0.4, 0.5) is 4.39 Å². The molecule has 6 heteroatoms. The summed E-state index contributed by atoms with van der Waals surface area (Å²) in [5.41, 5.74) is 0.761. The van der Waals surface area contributed by atoms with Crippen LogP contribution >= 0.6 is 0 Å². The summed E-state index contributed by atoms with van der Waals surface area (Å²) in [6.07, 6.45) is 1.73.